The molecule has 43 heavy (non-hydrogen) atoms. The van der Waals surface area contributed by atoms with Gasteiger partial charge >= 0.3 is 0 Å². The van der Waals surface area contributed by atoms with E-state index in [1.54, 1.807) is 24.3 Å². The first-order chi connectivity index (χ1) is 20.9. The summed E-state index contributed by atoms with van der Waals surface area (Å²) in [5.41, 5.74) is 4.29. The second kappa shape index (κ2) is 12.8. The number of hydrogen-bond donors (Lipinski definition) is 2. The van der Waals surface area contributed by atoms with Crippen LogP contribution in [0.1, 0.15) is 66.1 Å². The molecule has 2 N–H and O–H groups in total. The Bertz CT molecular complexity index is 1610. The number of allylic oxidation sites excluding steroid dienone is 1. The molecule has 2 amide bonds. The van der Waals surface area contributed by atoms with Crippen LogP contribution in [0.15, 0.2) is 71.0 Å². The molecule has 1 aromatic heterocycles. The Morgan fingerprint density at radius 3 is 2.70 bits per heavy atom. The molecule has 6 rings (SSSR count). The van der Waals surface area contributed by atoms with E-state index >= 15 is 0 Å². The van der Waals surface area contributed by atoms with Crippen molar-refractivity contribution in [3.05, 3.63) is 104 Å². The molecule has 9 heteroatoms. The summed E-state index contributed by atoms with van der Waals surface area (Å²) in [6, 6.07) is 15.1. The van der Waals surface area contributed by atoms with Crippen molar-refractivity contribution in [2.45, 2.75) is 57.4 Å². The van der Waals surface area contributed by atoms with Gasteiger partial charge < -0.3 is 20.1 Å². The Morgan fingerprint density at radius 1 is 1.02 bits per heavy atom. The van der Waals surface area contributed by atoms with Gasteiger partial charge in [-0.25, -0.2) is 4.39 Å². The van der Waals surface area contributed by atoms with Crippen molar-refractivity contribution < 1.29 is 14.0 Å². The second-order valence-corrected chi connectivity index (χ2v) is 12.3. The van der Waals surface area contributed by atoms with Crippen LogP contribution in [0.5, 0.6) is 0 Å². The van der Waals surface area contributed by atoms with Crippen LogP contribution >= 0.6 is 11.6 Å². The highest BCUT2D eigenvalue weighted by atomic mass is 35.5. The molecular weight excluding hydrogens is 567 g/mol. The fourth-order valence-electron chi connectivity index (χ4n) is 6.77. The van der Waals surface area contributed by atoms with Crippen LogP contribution in [0.25, 0.3) is 0 Å². The zero-order valence-corrected chi connectivity index (χ0v) is 24.8. The summed E-state index contributed by atoms with van der Waals surface area (Å²) >= 11 is 6.20. The van der Waals surface area contributed by atoms with Gasteiger partial charge in [0.05, 0.1) is 17.8 Å². The molecule has 2 aromatic carbocycles. The number of hydrogen-bond acceptors (Lipinski definition) is 4. The maximum Gasteiger partial charge on any atom is 0.251 e. The average molecular weight is 603 g/mol. The number of nitrogens with zero attached hydrogens (tertiary/aromatic N) is 2. The molecule has 224 valence electrons. The van der Waals surface area contributed by atoms with Crippen molar-refractivity contribution in [1.82, 2.24) is 9.88 Å². The summed E-state index contributed by atoms with van der Waals surface area (Å²) in [6.07, 6.45) is 8.48. The van der Waals surface area contributed by atoms with Gasteiger partial charge in [-0.2, -0.15) is 0 Å². The minimum absolute atomic E-state index is 0.0237. The number of aromatic nitrogens is 1. The first-order valence-corrected chi connectivity index (χ1v) is 15.5. The highest BCUT2D eigenvalue weighted by Crippen LogP contribution is 2.39. The lowest BCUT2D eigenvalue weighted by molar-refractivity contribution is -0.115. The van der Waals surface area contributed by atoms with Crippen molar-refractivity contribution in [3.8, 4) is 0 Å². The molecule has 2 aliphatic heterocycles. The predicted octanol–water partition coefficient (Wildman–Crippen LogP) is 6.07. The normalized spacial score (nSPS) is 19.3. The van der Waals surface area contributed by atoms with Crippen molar-refractivity contribution in [3.63, 3.8) is 0 Å². The molecular formula is C34H36ClFN4O3. The number of rotatable bonds is 8. The van der Waals surface area contributed by atoms with Crippen LogP contribution in [0, 0.1) is 11.7 Å². The predicted molar refractivity (Wildman–Crippen MR) is 167 cm³/mol. The van der Waals surface area contributed by atoms with Gasteiger partial charge in [0.25, 0.3) is 11.5 Å². The average Bonchev–Trinajstić information content (AvgIpc) is 3.00. The highest BCUT2D eigenvalue weighted by Gasteiger charge is 2.35. The molecule has 1 fully saturated rings. The van der Waals surface area contributed by atoms with Gasteiger partial charge in [0, 0.05) is 60.0 Å². The van der Waals surface area contributed by atoms with Crippen molar-refractivity contribution >= 4 is 34.8 Å². The van der Waals surface area contributed by atoms with Gasteiger partial charge in [0.2, 0.25) is 5.91 Å². The number of carbonyl (C=O) groups excluding carboxylic acids is 2. The van der Waals surface area contributed by atoms with Gasteiger partial charge in [0.15, 0.2) is 0 Å². The van der Waals surface area contributed by atoms with Gasteiger partial charge in [0.1, 0.15) is 5.82 Å². The van der Waals surface area contributed by atoms with Crippen LogP contribution in [0.4, 0.5) is 15.8 Å². The zero-order chi connectivity index (χ0) is 29.9. The van der Waals surface area contributed by atoms with Gasteiger partial charge in [-0.1, -0.05) is 35.4 Å². The molecule has 1 aliphatic carbocycles. The van der Waals surface area contributed by atoms with Crippen LogP contribution in [-0.2, 0) is 17.8 Å². The number of piperidine rings is 1. The van der Waals surface area contributed by atoms with Crippen LogP contribution in [0.3, 0.4) is 0 Å². The molecule has 0 radical (unpaired) electrons. The quantitative estimate of drug-likeness (QED) is 0.307. The molecule has 7 nitrogen and oxygen atoms in total. The van der Waals surface area contributed by atoms with E-state index in [2.05, 4.69) is 21.6 Å². The van der Waals surface area contributed by atoms with Crippen LogP contribution in [0.2, 0.25) is 5.02 Å². The smallest absolute Gasteiger partial charge is 0.251 e. The molecule has 0 spiro atoms. The number of pyridine rings is 1. The Kier molecular flexibility index (Phi) is 8.66. The summed E-state index contributed by atoms with van der Waals surface area (Å²) < 4.78 is 16.4. The molecule has 3 aromatic rings. The fraction of sp³-hybridized carbons (Fsp3) is 0.382. The van der Waals surface area contributed by atoms with Crippen LogP contribution in [-0.4, -0.2) is 36.0 Å². The number of nitrogens with one attached hydrogen (secondary N) is 2. The number of halogens is 2. The van der Waals surface area contributed by atoms with E-state index in [0.717, 1.165) is 37.1 Å². The fourth-order valence-corrected chi connectivity index (χ4v) is 7.00. The molecule has 2 unspecified atom stereocenters. The molecule has 0 saturated carbocycles. The first kappa shape index (κ1) is 29.2. The minimum atomic E-state index is -0.540. The van der Waals surface area contributed by atoms with Crippen molar-refractivity contribution in [2.75, 3.05) is 29.9 Å². The zero-order valence-electron chi connectivity index (χ0n) is 24.1. The van der Waals surface area contributed by atoms with E-state index in [9.17, 15) is 18.8 Å². The summed E-state index contributed by atoms with van der Waals surface area (Å²) in [4.78, 5) is 41.1. The number of benzene rings is 2. The second-order valence-electron chi connectivity index (χ2n) is 11.9. The molecule has 2 atom stereocenters. The first-order valence-electron chi connectivity index (χ1n) is 15.1. The van der Waals surface area contributed by atoms with E-state index in [1.165, 1.54) is 30.5 Å². The molecule has 3 heterocycles. The molecule has 1 saturated heterocycles. The lowest BCUT2D eigenvalue weighted by Gasteiger charge is -2.44. The number of carbonyl (C=O) groups is 2. The van der Waals surface area contributed by atoms with E-state index in [1.807, 2.05) is 22.8 Å². The van der Waals surface area contributed by atoms with Crippen molar-refractivity contribution in [1.29, 1.82) is 0 Å². The minimum Gasteiger partial charge on any atom is -0.369 e. The topological polar surface area (TPSA) is 83.4 Å². The van der Waals surface area contributed by atoms with E-state index in [4.69, 9.17) is 11.6 Å². The Morgan fingerprint density at radius 2 is 1.88 bits per heavy atom. The third-order valence-electron chi connectivity index (χ3n) is 8.87. The summed E-state index contributed by atoms with van der Waals surface area (Å²) in [5.74, 6) is -0.742. The third-order valence-corrected chi connectivity index (χ3v) is 9.22. The monoisotopic (exact) mass is 602 g/mol. The lowest BCUT2D eigenvalue weighted by atomic mass is 9.83. The molecule has 3 aliphatic rings. The Balaban J connectivity index is 1.24. The number of anilines is 2. The summed E-state index contributed by atoms with van der Waals surface area (Å²) in [7, 11) is 0. The van der Waals surface area contributed by atoms with Crippen LogP contribution < -0.4 is 21.1 Å². The maximum absolute atomic E-state index is 14.5. The number of fused-ring (bicyclic) bond motifs is 4. The SMILES string of the molecule is O=C(Cc1c(F)cccc1Cl)Nc1cc(C(=O)NCCC2=CCCCC2)ccc1N1CC2CC(C1)c1cccc(=O)n1C2. The Labute approximate surface area is 255 Å². The Hall–Kier alpha value is -3.91. The summed E-state index contributed by atoms with van der Waals surface area (Å²) in [5, 5.41) is 6.17. The summed E-state index contributed by atoms with van der Waals surface area (Å²) in [6.45, 7) is 2.57. The largest absolute Gasteiger partial charge is 0.369 e. The lowest BCUT2D eigenvalue weighted by Crippen LogP contribution is -2.47. The van der Waals surface area contributed by atoms with Gasteiger partial charge in [-0.15, -0.1) is 0 Å². The molecule has 2 bridgehead atoms. The third kappa shape index (κ3) is 6.54. The van der Waals surface area contributed by atoms with E-state index in [0.29, 0.717) is 37.4 Å². The number of amides is 2. The van der Waals surface area contributed by atoms with E-state index in [-0.39, 0.29) is 40.3 Å². The van der Waals surface area contributed by atoms with E-state index < -0.39 is 11.7 Å². The van der Waals surface area contributed by atoms with Crippen molar-refractivity contribution in [2.24, 2.45) is 5.92 Å². The maximum atomic E-state index is 14.5. The highest BCUT2D eigenvalue weighted by molar-refractivity contribution is 6.31. The standard InChI is InChI=1S/C34H36ClFN4O3/c35-27-8-4-9-28(36)26(27)18-32(41)38-29-17-24(34(43)37-15-14-22-6-2-1-3-7-22)12-13-31(29)39-19-23-16-25(21-39)30-10-5-11-33(42)40(30)20-23/h4-6,8-13,17,23,25H,1-3,7,14-16,18-21H2,(H,37,43)(H,38,41). The van der Waals surface area contributed by atoms with Gasteiger partial charge in [-0.3, -0.25) is 14.4 Å². The van der Waals surface area contributed by atoms with Gasteiger partial charge in [-0.05, 0) is 80.8 Å².